The van der Waals surface area contributed by atoms with Crippen LogP contribution in [0.3, 0.4) is 0 Å². The minimum Gasteiger partial charge on any atom is -0.310 e. The van der Waals surface area contributed by atoms with E-state index in [0.29, 0.717) is 17.4 Å². The van der Waals surface area contributed by atoms with E-state index in [-0.39, 0.29) is 0 Å². The molecule has 0 spiro atoms. The summed E-state index contributed by atoms with van der Waals surface area (Å²) in [7, 11) is 0. The van der Waals surface area contributed by atoms with Crippen molar-refractivity contribution in [2.24, 2.45) is 11.3 Å². The van der Waals surface area contributed by atoms with E-state index in [4.69, 9.17) is 11.6 Å². The smallest absolute Gasteiger partial charge is 0.0409 e. The third-order valence-electron chi connectivity index (χ3n) is 4.37. The fourth-order valence-electron chi connectivity index (χ4n) is 3.38. The predicted molar refractivity (Wildman–Crippen MR) is 79.0 cm³/mol. The van der Waals surface area contributed by atoms with Crippen molar-refractivity contribution in [2.75, 3.05) is 6.54 Å². The molecule has 0 bridgehead atoms. The summed E-state index contributed by atoms with van der Waals surface area (Å²) in [5.74, 6) is 0.705. The Labute approximate surface area is 116 Å². The quantitative estimate of drug-likeness (QED) is 0.823. The average molecular weight is 266 g/mol. The molecular formula is C16H24ClN. The molecule has 0 aromatic heterocycles. The van der Waals surface area contributed by atoms with Gasteiger partial charge in [0, 0.05) is 11.1 Å². The molecule has 1 nitrogen and oxygen atoms in total. The first-order valence-electron chi connectivity index (χ1n) is 7.03. The fraction of sp³-hybridized carbons (Fsp3) is 0.625. The van der Waals surface area contributed by atoms with Crippen molar-refractivity contribution in [2.45, 2.75) is 46.1 Å². The van der Waals surface area contributed by atoms with Crippen LogP contribution in [0.25, 0.3) is 0 Å². The second-order valence-corrected chi connectivity index (χ2v) is 6.51. The van der Waals surface area contributed by atoms with Crippen molar-refractivity contribution in [1.29, 1.82) is 0 Å². The lowest BCUT2D eigenvalue weighted by atomic mass is 9.75. The highest BCUT2D eigenvalue weighted by atomic mass is 35.5. The summed E-state index contributed by atoms with van der Waals surface area (Å²) < 4.78 is 0. The van der Waals surface area contributed by atoms with Crippen LogP contribution in [0.4, 0.5) is 0 Å². The normalized spacial score (nSPS) is 24.1. The maximum atomic E-state index is 6.14. The molecule has 2 heteroatoms. The van der Waals surface area contributed by atoms with E-state index in [2.05, 4.69) is 44.3 Å². The molecule has 2 atom stereocenters. The fourth-order valence-corrected chi connectivity index (χ4v) is 3.58. The summed E-state index contributed by atoms with van der Waals surface area (Å²) in [6.45, 7) is 7.99. The minimum absolute atomic E-state index is 0.426. The van der Waals surface area contributed by atoms with Gasteiger partial charge in [0.2, 0.25) is 0 Å². The summed E-state index contributed by atoms with van der Waals surface area (Å²) in [6.07, 6.45) is 4.00. The van der Waals surface area contributed by atoms with Gasteiger partial charge in [-0.05, 0) is 48.4 Å². The van der Waals surface area contributed by atoms with Crippen LogP contribution in [0.5, 0.6) is 0 Å². The molecule has 0 saturated heterocycles. The molecule has 2 unspecified atom stereocenters. The van der Waals surface area contributed by atoms with Crippen LogP contribution < -0.4 is 5.32 Å². The lowest BCUT2D eigenvalue weighted by Crippen LogP contribution is -2.33. The first-order chi connectivity index (χ1) is 8.54. The van der Waals surface area contributed by atoms with E-state index >= 15 is 0 Å². The Morgan fingerprint density at radius 3 is 2.78 bits per heavy atom. The molecular weight excluding hydrogens is 242 g/mol. The highest BCUT2D eigenvalue weighted by Crippen LogP contribution is 2.48. The van der Waals surface area contributed by atoms with Crippen molar-refractivity contribution in [1.82, 2.24) is 5.32 Å². The van der Waals surface area contributed by atoms with Gasteiger partial charge in [-0.2, -0.15) is 0 Å². The number of hydrogen-bond donors (Lipinski definition) is 1. The third kappa shape index (κ3) is 2.89. The van der Waals surface area contributed by atoms with Gasteiger partial charge in [-0.1, -0.05) is 50.9 Å². The zero-order valence-electron chi connectivity index (χ0n) is 11.7. The van der Waals surface area contributed by atoms with Crippen molar-refractivity contribution in [3.05, 3.63) is 34.9 Å². The van der Waals surface area contributed by atoms with Gasteiger partial charge in [-0.25, -0.2) is 0 Å². The lowest BCUT2D eigenvalue weighted by Gasteiger charge is -2.35. The van der Waals surface area contributed by atoms with Crippen LogP contribution in [0.15, 0.2) is 24.3 Å². The Kier molecular flexibility index (Phi) is 4.34. The largest absolute Gasteiger partial charge is 0.310 e. The molecule has 2 rings (SSSR count). The van der Waals surface area contributed by atoms with Gasteiger partial charge < -0.3 is 5.32 Å². The molecule has 100 valence electrons. The molecule has 18 heavy (non-hydrogen) atoms. The Balaban J connectivity index is 2.28. The van der Waals surface area contributed by atoms with E-state index in [1.165, 1.54) is 24.8 Å². The van der Waals surface area contributed by atoms with E-state index in [9.17, 15) is 0 Å². The Hall–Kier alpha value is -0.530. The average Bonchev–Trinajstić information content (AvgIpc) is 2.66. The summed E-state index contributed by atoms with van der Waals surface area (Å²) in [5.41, 5.74) is 1.76. The molecule has 1 aromatic carbocycles. The van der Waals surface area contributed by atoms with E-state index in [1.54, 1.807) is 0 Å². The van der Waals surface area contributed by atoms with Gasteiger partial charge in [-0.3, -0.25) is 0 Å². The van der Waals surface area contributed by atoms with Crippen LogP contribution >= 0.6 is 11.6 Å². The standard InChI is InChI=1S/C16H24ClN/c1-4-18-15(12-7-5-8-13(17)11-12)14-9-6-10-16(14,2)3/h5,7-8,11,14-15,18H,4,6,9-10H2,1-3H3. The second-order valence-electron chi connectivity index (χ2n) is 6.08. The topological polar surface area (TPSA) is 12.0 Å². The van der Waals surface area contributed by atoms with Gasteiger partial charge in [0.1, 0.15) is 0 Å². The summed E-state index contributed by atoms with van der Waals surface area (Å²) >= 11 is 6.14. The lowest BCUT2D eigenvalue weighted by molar-refractivity contribution is 0.199. The number of hydrogen-bond acceptors (Lipinski definition) is 1. The van der Waals surface area contributed by atoms with Crippen LogP contribution in [0, 0.1) is 11.3 Å². The monoisotopic (exact) mass is 265 g/mol. The molecule has 1 aliphatic carbocycles. The zero-order valence-corrected chi connectivity index (χ0v) is 12.4. The minimum atomic E-state index is 0.426. The second kappa shape index (κ2) is 5.63. The van der Waals surface area contributed by atoms with Crippen molar-refractivity contribution < 1.29 is 0 Å². The summed E-state index contributed by atoms with van der Waals surface area (Å²) in [5, 5.41) is 4.50. The Morgan fingerprint density at radius 2 is 2.22 bits per heavy atom. The van der Waals surface area contributed by atoms with Crippen LogP contribution in [-0.4, -0.2) is 6.54 Å². The molecule has 1 aromatic rings. The molecule has 1 aliphatic rings. The molecule has 0 amide bonds. The van der Waals surface area contributed by atoms with E-state index < -0.39 is 0 Å². The van der Waals surface area contributed by atoms with Gasteiger partial charge in [0.25, 0.3) is 0 Å². The third-order valence-corrected chi connectivity index (χ3v) is 4.61. The van der Waals surface area contributed by atoms with Crippen LogP contribution in [-0.2, 0) is 0 Å². The molecule has 1 saturated carbocycles. The Bertz CT molecular complexity index is 400. The summed E-state index contributed by atoms with van der Waals surface area (Å²) in [4.78, 5) is 0. The van der Waals surface area contributed by atoms with Crippen LogP contribution in [0.1, 0.15) is 51.6 Å². The van der Waals surface area contributed by atoms with Crippen molar-refractivity contribution in [3.63, 3.8) is 0 Å². The highest BCUT2D eigenvalue weighted by molar-refractivity contribution is 6.30. The van der Waals surface area contributed by atoms with Gasteiger partial charge in [0.15, 0.2) is 0 Å². The van der Waals surface area contributed by atoms with E-state index in [1.807, 2.05) is 6.07 Å². The maximum Gasteiger partial charge on any atom is 0.0409 e. The SMILES string of the molecule is CCNC(c1cccc(Cl)c1)C1CCCC1(C)C. The van der Waals surface area contributed by atoms with Gasteiger partial charge >= 0.3 is 0 Å². The molecule has 0 heterocycles. The zero-order chi connectivity index (χ0) is 13.2. The molecule has 0 aliphatic heterocycles. The number of benzene rings is 1. The summed E-state index contributed by atoms with van der Waals surface area (Å²) in [6, 6.07) is 8.76. The van der Waals surface area contributed by atoms with Crippen LogP contribution in [0.2, 0.25) is 5.02 Å². The van der Waals surface area contributed by atoms with Crippen molar-refractivity contribution >= 4 is 11.6 Å². The number of nitrogens with one attached hydrogen (secondary N) is 1. The molecule has 0 radical (unpaired) electrons. The van der Waals surface area contributed by atoms with E-state index in [0.717, 1.165) is 11.6 Å². The Morgan fingerprint density at radius 1 is 1.44 bits per heavy atom. The van der Waals surface area contributed by atoms with Gasteiger partial charge in [-0.15, -0.1) is 0 Å². The van der Waals surface area contributed by atoms with Crippen molar-refractivity contribution in [3.8, 4) is 0 Å². The van der Waals surface area contributed by atoms with Gasteiger partial charge in [0.05, 0.1) is 0 Å². The highest BCUT2D eigenvalue weighted by Gasteiger charge is 2.39. The number of rotatable bonds is 4. The first kappa shape index (κ1) is 13.9. The number of halogens is 1. The molecule has 1 N–H and O–H groups in total. The predicted octanol–water partition coefficient (Wildman–Crippen LogP) is 4.82. The molecule has 1 fully saturated rings. The maximum absolute atomic E-state index is 6.14. The first-order valence-corrected chi connectivity index (χ1v) is 7.41.